The Morgan fingerprint density at radius 3 is 3.20 bits per heavy atom. The van der Waals surface area contributed by atoms with E-state index in [0.717, 1.165) is 30.4 Å². The Balaban J connectivity index is 2.05. The van der Waals surface area contributed by atoms with Gasteiger partial charge in [-0.15, -0.1) is 0 Å². The van der Waals surface area contributed by atoms with Crippen LogP contribution in [-0.2, 0) is 0 Å². The second-order valence-electron chi connectivity index (χ2n) is 3.53. The Kier molecular flexibility index (Phi) is 3.53. The lowest BCUT2D eigenvalue weighted by Crippen LogP contribution is -2.37. The highest BCUT2D eigenvalue weighted by Crippen LogP contribution is 2.22. The van der Waals surface area contributed by atoms with Crippen LogP contribution in [-0.4, -0.2) is 24.2 Å². The summed E-state index contributed by atoms with van der Waals surface area (Å²) in [5.41, 5.74) is 0. The van der Waals surface area contributed by atoms with E-state index in [-0.39, 0.29) is 11.9 Å². The fraction of sp³-hybridized carbons (Fsp3) is 0.500. The third kappa shape index (κ3) is 2.89. The smallest absolute Gasteiger partial charge is 0.255 e. The van der Waals surface area contributed by atoms with Crippen molar-refractivity contribution in [2.24, 2.45) is 0 Å². The summed E-state index contributed by atoms with van der Waals surface area (Å²) in [5.74, 6) is -0.332. The minimum Gasteiger partial charge on any atom is -0.484 e. The van der Waals surface area contributed by atoms with Crippen molar-refractivity contribution in [2.45, 2.75) is 18.9 Å². The number of hydrogen-bond donors (Lipinski definition) is 1. The molecule has 1 aliphatic heterocycles. The van der Waals surface area contributed by atoms with Gasteiger partial charge in [-0.2, -0.15) is 4.39 Å². The maximum Gasteiger partial charge on any atom is 0.255 e. The Morgan fingerprint density at radius 2 is 2.47 bits per heavy atom. The zero-order chi connectivity index (χ0) is 10.7. The van der Waals surface area contributed by atoms with Crippen LogP contribution in [0.5, 0.6) is 5.75 Å². The van der Waals surface area contributed by atoms with Gasteiger partial charge in [0.15, 0.2) is 5.75 Å². The van der Waals surface area contributed by atoms with Crippen molar-refractivity contribution in [2.75, 3.05) is 13.1 Å². The molecule has 1 aromatic heterocycles. The second kappa shape index (κ2) is 4.90. The first-order chi connectivity index (χ1) is 7.25. The largest absolute Gasteiger partial charge is 0.484 e. The van der Waals surface area contributed by atoms with Crippen molar-refractivity contribution in [1.29, 1.82) is 0 Å². The van der Waals surface area contributed by atoms with E-state index in [1.54, 1.807) is 6.07 Å². The van der Waals surface area contributed by atoms with Crippen LogP contribution < -0.4 is 10.1 Å². The van der Waals surface area contributed by atoms with E-state index in [4.69, 9.17) is 4.74 Å². The fourth-order valence-corrected chi connectivity index (χ4v) is 1.90. The first kappa shape index (κ1) is 10.8. The van der Waals surface area contributed by atoms with Crippen molar-refractivity contribution in [1.82, 2.24) is 10.3 Å². The molecular weight excluding hydrogens is 263 g/mol. The summed E-state index contributed by atoms with van der Waals surface area (Å²) in [5, 5.41) is 3.21. The monoisotopic (exact) mass is 274 g/mol. The fourth-order valence-electron chi connectivity index (χ4n) is 1.59. The molecular formula is C10H12BrFN2O. The molecule has 82 valence electrons. The molecule has 1 aromatic rings. The van der Waals surface area contributed by atoms with E-state index in [1.165, 1.54) is 6.20 Å². The molecule has 0 aliphatic carbocycles. The number of nitrogens with zero attached hydrogens (tertiary/aromatic N) is 1. The summed E-state index contributed by atoms with van der Waals surface area (Å²) in [6.07, 6.45) is 3.48. The van der Waals surface area contributed by atoms with Gasteiger partial charge in [-0.05, 0) is 35.3 Å². The lowest BCUT2D eigenvalue weighted by atomic mass is 10.1. The maximum atomic E-state index is 13.2. The first-order valence-electron chi connectivity index (χ1n) is 4.94. The molecule has 15 heavy (non-hydrogen) atoms. The lowest BCUT2D eigenvalue weighted by Gasteiger charge is -2.23. The summed E-state index contributed by atoms with van der Waals surface area (Å²) in [7, 11) is 0. The molecule has 0 spiro atoms. The molecule has 1 N–H and O–H groups in total. The van der Waals surface area contributed by atoms with Gasteiger partial charge in [0.05, 0.1) is 0 Å². The molecule has 3 nitrogen and oxygen atoms in total. The quantitative estimate of drug-likeness (QED) is 0.839. The number of nitrogens with one attached hydrogen (secondary N) is 1. The molecule has 0 amide bonds. The van der Waals surface area contributed by atoms with Gasteiger partial charge in [-0.1, -0.05) is 0 Å². The lowest BCUT2D eigenvalue weighted by molar-refractivity contribution is 0.158. The number of rotatable bonds is 2. The minimum absolute atomic E-state index is 0.0457. The van der Waals surface area contributed by atoms with Gasteiger partial charge in [0, 0.05) is 23.3 Å². The van der Waals surface area contributed by atoms with Crippen molar-refractivity contribution in [3.63, 3.8) is 0 Å². The van der Waals surface area contributed by atoms with Crippen LogP contribution in [0.4, 0.5) is 4.39 Å². The van der Waals surface area contributed by atoms with E-state index in [9.17, 15) is 4.39 Å². The van der Waals surface area contributed by atoms with Crippen molar-refractivity contribution in [3.8, 4) is 5.75 Å². The van der Waals surface area contributed by atoms with Gasteiger partial charge in [-0.3, -0.25) is 0 Å². The molecule has 0 aromatic carbocycles. The Bertz CT molecular complexity index is 342. The van der Waals surface area contributed by atoms with Gasteiger partial charge in [0.25, 0.3) is 5.95 Å². The van der Waals surface area contributed by atoms with Crippen LogP contribution in [0.25, 0.3) is 0 Å². The highest BCUT2D eigenvalue weighted by atomic mass is 79.9. The Morgan fingerprint density at radius 1 is 1.60 bits per heavy atom. The van der Waals surface area contributed by atoms with Crippen molar-refractivity contribution >= 4 is 15.9 Å². The number of ether oxygens (including phenoxy) is 1. The van der Waals surface area contributed by atoms with Gasteiger partial charge in [-0.25, -0.2) is 4.98 Å². The van der Waals surface area contributed by atoms with Crippen molar-refractivity contribution < 1.29 is 9.13 Å². The molecule has 1 aliphatic rings. The zero-order valence-electron chi connectivity index (χ0n) is 8.17. The van der Waals surface area contributed by atoms with Gasteiger partial charge >= 0.3 is 0 Å². The molecule has 5 heteroatoms. The van der Waals surface area contributed by atoms with E-state index in [0.29, 0.717) is 0 Å². The molecule has 2 heterocycles. The first-order valence-corrected chi connectivity index (χ1v) is 5.73. The highest BCUT2D eigenvalue weighted by Gasteiger charge is 2.16. The van der Waals surface area contributed by atoms with Gasteiger partial charge in [0.1, 0.15) is 6.10 Å². The highest BCUT2D eigenvalue weighted by molar-refractivity contribution is 9.10. The van der Waals surface area contributed by atoms with Crippen LogP contribution in [0.15, 0.2) is 16.7 Å². The number of halogens is 2. The van der Waals surface area contributed by atoms with Gasteiger partial charge < -0.3 is 10.1 Å². The topological polar surface area (TPSA) is 34.1 Å². The zero-order valence-corrected chi connectivity index (χ0v) is 9.76. The molecule has 0 saturated carbocycles. The van der Waals surface area contributed by atoms with Crippen LogP contribution >= 0.6 is 15.9 Å². The molecule has 0 bridgehead atoms. The normalized spacial score (nSPS) is 21.3. The van der Waals surface area contributed by atoms with E-state index >= 15 is 0 Å². The maximum absolute atomic E-state index is 13.2. The van der Waals surface area contributed by atoms with Crippen LogP contribution in [0.2, 0.25) is 0 Å². The molecule has 2 rings (SSSR count). The number of piperidine rings is 1. The predicted octanol–water partition coefficient (Wildman–Crippen LogP) is 2.11. The second-order valence-corrected chi connectivity index (χ2v) is 4.44. The average molecular weight is 275 g/mol. The molecule has 1 unspecified atom stereocenters. The van der Waals surface area contributed by atoms with E-state index in [1.807, 2.05) is 0 Å². The van der Waals surface area contributed by atoms with Crippen LogP contribution in [0.3, 0.4) is 0 Å². The van der Waals surface area contributed by atoms with E-state index in [2.05, 4.69) is 26.2 Å². The van der Waals surface area contributed by atoms with Gasteiger partial charge in [0.2, 0.25) is 0 Å². The third-order valence-corrected chi connectivity index (χ3v) is 2.75. The molecule has 1 atom stereocenters. The standard InChI is InChI=1S/C10H12BrFN2O/c11-7-4-9(10(12)14-5-7)15-8-2-1-3-13-6-8/h4-5,8,13H,1-3,6H2. The SMILES string of the molecule is Fc1ncc(Br)cc1OC1CCCNC1. The third-order valence-electron chi connectivity index (χ3n) is 2.32. The number of hydrogen-bond acceptors (Lipinski definition) is 3. The van der Waals surface area contributed by atoms with Crippen LogP contribution in [0, 0.1) is 5.95 Å². The Hall–Kier alpha value is -0.680. The molecule has 0 radical (unpaired) electrons. The molecule has 1 saturated heterocycles. The summed E-state index contributed by atoms with van der Waals surface area (Å²) < 4.78 is 19.5. The summed E-state index contributed by atoms with van der Waals surface area (Å²) in [6.45, 7) is 1.78. The minimum atomic E-state index is -0.552. The summed E-state index contributed by atoms with van der Waals surface area (Å²) in [6, 6.07) is 1.61. The predicted molar refractivity (Wildman–Crippen MR) is 58.4 cm³/mol. The van der Waals surface area contributed by atoms with Crippen LogP contribution in [0.1, 0.15) is 12.8 Å². The average Bonchev–Trinajstić information content (AvgIpc) is 2.25. The number of pyridine rings is 1. The van der Waals surface area contributed by atoms with E-state index < -0.39 is 5.95 Å². The Labute approximate surface area is 96.2 Å². The summed E-state index contributed by atoms with van der Waals surface area (Å²) in [4.78, 5) is 3.59. The number of aromatic nitrogens is 1. The van der Waals surface area contributed by atoms with Crippen molar-refractivity contribution in [3.05, 3.63) is 22.7 Å². The summed E-state index contributed by atoms with van der Waals surface area (Å²) >= 11 is 3.24. The molecule has 1 fully saturated rings.